The molecule has 0 aliphatic carbocycles. The molecule has 23 heavy (non-hydrogen) atoms. The lowest BCUT2D eigenvalue weighted by Crippen LogP contribution is -2.24. The molecule has 0 saturated carbocycles. The van der Waals surface area contributed by atoms with Crippen molar-refractivity contribution in [3.63, 3.8) is 0 Å². The van der Waals surface area contributed by atoms with Crippen LogP contribution < -0.4 is 10.6 Å². The third kappa shape index (κ3) is 4.10. The third-order valence-corrected chi connectivity index (χ3v) is 3.07. The van der Waals surface area contributed by atoms with Crippen LogP contribution in [0.15, 0.2) is 67.0 Å². The minimum absolute atomic E-state index is 0.269. The van der Waals surface area contributed by atoms with Gasteiger partial charge in [0.25, 0.3) is 5.91 Å². The van der Waals surface area contributed by atoms with Gasteiger partial charge < -0.3 is 10.6 Å². The fourth-order valence-corrected chi connectivity index (χ4v) is 1.96. The predicted molar refractivity (Wildman–Crippen MR) is 87.2 cm³/mol. The molecule has 3 aromatic rings. The van der Waals surface area contributed by atoms with Crippen molar-refractivity contribution in [3.05, 3.63) is 78.4 Å². The van der Waals surface area contributed by atoms with Gasteiger partial charge in [0.05, 0.1) is 12.2 Å². The van der Waals surface area contributed by atoms with Gasteiger partial charge in [-0.15, -0.1) is 0 Å². The van der Waals surface area contributed by atoms with Crippen molar-refractivity contribution in [1.82, 2.24) is 20.3 Å². The molecule has 0 spiro atoms. The molecule has 2 aromatic heterocycles. The highest BCUT2D eigenvalue weighted by Crippen LogP contribution is 2.11. The molecule has 114 valence electrons. The lowest BCUT2D eigenvalue weighted by Gasteiger charge is -2.07. The van der Waals surface area contributed by atoms with Gasteiger partial charge in [0.1, 0.15) is 5.69 Å². The van der Waals surface area contributed by atoms with Crippen LogP contribution in [0.4, 0.5) is 11.6 Å². The summed E-state index contributed by atoms with van der Waals surface area (Å²) in [5.41, 5.74) is 1.95. The number of benzene rings is 1. The number of hydrogen-bond donors (Lipinski definition) is 2. The largest absolute Gasteiger partial charge is 0.345 e. The molecule has 0 atom stereocenters. The number of carbonyl (C=O) groups is 1. The molecular weight excluding hydrogens is 290 g/mol. The SMILES string of the molecule is O=C(NCc1ccccn1)c1ccnc(Nc2ccccc2)n1. The maximum absolute atomic E-state index is 12.2. The molecule has 0 unspecified atom stereocenters. The molecule has 0 fully saturated rings. The quantitative estimate of drug-likeness (QED) is 0.757. The van der Waals surface area contributed by atoms with Crippen molar-refractivity contribution in [2.45, 2.75) is 6.54 Å². The molecule has 0 saturated heterocycles. The van der Waals surface area contributed by atoms with E-state index in [1.54, 1.807) is 18.5 Å². The van der Waals surface area contributed by atoms with Crippen molar-refractivity contribution in [3.8, 4) is 0 Å². The van der Waals surface area contributed by atoms with Crippen LogP contribution in [0.3, 0.4) is 0 Å². The zero-order valence-corrected chi connectivity index (χ0v) is 12.3. The number of para-hydroxylation sites is 1. The Morgan fingerprint density at radius 2 is 1.74 bits per heavy atom. The van der Waals surface area contributed by atoms with Crippen LogP contribution in [0.1, 0.15) is 16.2 Å². The number of anilines is 2. The molecule has 2 N–H and O–H groups in total. The van der Waals surface area contributed by atoms with E-state index in [4.69, 9.17) is 0 Å². The highest BCUT2D eigenvalue weighted by molar-refractivity contribution is 5.92. The van der Waals surface area contributed by atoms with Gasteiger partial charge in [-0.05, 0) is 30.3 Å². The van der Waals surface area contributed by atoms with Gasteiger partial charge in [0, 0.05) is 18.1 Å². The minimum Gasteiger partial charge on any atom is -0.345 e. The van der Waals surface area contributed by atoms with Crippen molar-refractivity contribution < 1.29 is 4.79 Å². The molecule has 0 aliphatic rings. The minimum atomic E-state index is -0.269. The Balaban J connectivity index is 1.65. The lowest BCUT2D eigenvalue weighted by molar-refractivity contribution is 0.0945. The first kappa shape index (κ1) is 14.6. The zero-order chi connectivity index (χ0) is 15.9. The zero-order valence-electron chi connectivity index (χ0n) is 12.3. The summed E-state index contributed by atoms with van der Waals surface area (Å²) in [5.74, 6) is 0.107. The van der Waals surface area contributed by atoms with E-state index >= 15 is 0 Å². The van der Waals surface area contributed by atoms with Crippen LogP contribution in [0, 0.1) is 0 Å². The van der Waals surface area contributed by atoms with Crippen LogP contribution in [0.25, 0.3) is 0 Å². The summed E-state index contributed by atoms with van der Waals surface area (Å²) >= 11 is 0. The van der Waals surface area contributed by atoms with Gasteiger partial charge >= 0.3 is 0 Å². The Hall–Kier alpha value is -3.28. The fraction of sp³-hybridized carbons (Fsp3) is 0.0588. The molecular formula is C17H15N5O. The van der Waals surface area contributed by atoms with Crippen LogP contribution >= 0.6 is 0 Å². The molecule has 0 radical (unpaired) electrons. The van der Waals surface area contributed by atoms with Crippen LogP contribution in [-0.2, 0) is 6.54 Å². The number of carbonyl (C=O) groups excluding carboxylic acids is 1. The highest BCUT2D eigenvalue weighted by Gasteiger charge is 2.09. The van der Waals surface area contributed by atoms with E-state index in [0.29, 0.717) is 18.2 Å². The normalized spacial score (nSPS) is 10.1. The Labute approximate surface area is 133 Å². The Morgan fingerprint density at radius 1 is 0.913 bits per heavy atom. The number of amides is 1. The van der Waals surface area contributed by atoms with E-state index in [-0.39, 0.29) is 5.91 Å². The van der Waals surface area contributed by atoms with Crippen molar-refractivity contribution >= 4 is 17.5 Å². The number of aromatic nitrogens is 3. The summed E-state index contributed by atoms with van der Waals surface area (Å²) in [6.45, 7) is 0.352. The van der Waals surface area contributed by atoms with Crippen LogP contribution in [-0.4, -0.2) is 20.9 Å². The maximum atomic E-state index is 12.2. The Morgan fingerprint density at radius 3 is 2.52 bits per heavy atom. The van der Waals surface area contributed by atoms with Gasteiger partial charge in [-0.3, -0.25) is 9.78 Å². The maximum Gasteiger partial charge on any atom is 0.270 e. The summed E-state index contributed by atoms with van der Waals surface area (Å²) in [7, 11) is 0. The number of pyridine rings is 1. The molecule has 6 nitrogen and oxygen atoms in total. The van der Waals surface area contributed by atoms with Crippen LogP contribution in [0.5, 0.6) is 0 Å². The molecule has 2 heterocycles. The number of hydrogen-bond acceptors (Lipinski definition) is 5. The Bertz CT molecular complexity index is 777. The van der Waals surface area contributed by atoms with Crippen molar-refractivity contribution in [2.24, 2.45) is 0 Å². The average Bonchev–Trinajstić information content (AvgIpc) is 2.62. The molecule has 3 rings (SSSR count). The first-order chi connectivity index (χ1) is 11.3. The Kier molecular flexibility index (Phi) is 4.54. The predicted octanol–water partition coefficient (Wildman–Crippen LogP) is 2.55. The first-order valence-corrected chi connectivity index (χ1v) is 7.14. The summed E-state index contributed by atoms with van der Waals surface area (Å²) in [4.78, 5) is 24.7. The van der Waals surface area contributed by atoms with Gasteiger partial charge in [-0.1, -0.05) is 24.3 Å². The second-order valence-electron chi connectivity index (χ2n) is 4.76. The standard InChI is InChI=1S/C17H15N5O/c23-16(20-12-14-8-4-5-10-18-14)15-9-11-19-17(22-15)21-13-6-2-1-3-7-13/h1-11H,12H2,(H,20,23)(H,19,21,22). The molecule has 1 aromatic carbocycles. The van der Waals surface area contributed by atoms with E-state index in [9.17, 15) is 4.79 Å². The van der Waals surface area contributed by atoms with Crippen molar-refractivity contribution in [1.29, 1.82) is 0 Å². The highest BCUT2D eigenvalue weighted by atomic mass is 16.1. The van der Waals surface area contributed by atoms with Crippen molar-refractivity contribution in [2.75, 3.05) is 5.32 Å². The molecule has 0 bridgehead atoms. The van der Waals surface area contributed by atoms with E-state index in [1.165, 1.54) is 0 Å². The number of rotatable bonds is 5. The average molecular weight is 305 g/mol. The van der Waals surface area contributed by atoms with E-state index in [1.807, 2.05) is 48.5 Å². The van der Waals surface area contributed by atoms with Gasteiger partial charge in [0.2, 0.25) is 5.95 Å². The molecule has 0 aliphatic heterocycles. The van der Waals surface area contributed by atoms with E-state index < -0.39 is 0 Å². The summed E-state index contributed by atoms with van der Waals surface area (Å²) in [5, 5.41) is 5.85. The number of nitrogens with zero attached hydrogens (tertiary/aromatic N) is 3. The lowest BCUT2D eigenvalue weighted by atomic mass is 10.3. The second kappa shape index (κ2) is 7.13. The first-order valence-electron chi connectivity index (χ1n) is 7.14. The fourth-order valence-electron chi connectivity index (χ4n) is 1.96. The second-order valence-corrected chi connectivity index (χ2v) is 4.76. The topological polar surface area (TPSA) is 79.8 Å². The smallest absolute Gasteiger partial charge is 0.270 e. The van der Waals surface area contributed by atoms with Crippen LogP contribution in [0.2, 0.25) is 0 Å². The van der Waals surface area contributed by atoms with Gasteiger partial charge in [-0.2, -0.15) is 0 Å². The van der Waals surface area contributed by atoms with E-state index in [2.05, 4.69) is 25.6 Å². The summed E-state index contributed by atoms with van der Waals surface area (Å²) in [6, 6.07) is 16.7. The number of nitrogens with one attached hydrogen (secondary N) is 2. The van der Waals surface area contributed by atoms with E-state index in [0.717, 1.165) is 11.4 Å². The molecule has 1 amide bonds. The van der Waals surface area contributed by atoms with Gasteiger partial charge in [-0.25, -0.2) is 9.97 Å². The monoisotopic (exact) mass is 305 g/mol. The summed E-state index contributed by atoms with van der Waals surface area (Å²) in [6.07, 6.45) is 3.24. The molecule has 6 heteroatoms. The third-order valence-electron chi connectivity index (χ3n) is 3.07. The summed E-state index contributed by atoms with van der Waals surface area (Å²) < 4.78 is 0. The van der Waals surface area contributed by atoms with Gasteiger partial charge in [0.15, 0.2) is 0 Å².